The fourth-order valence-corrected chi connectivity index (χ4v) is 3.45. The fourth-order valence-electron chi connectivity index (χ4n) is 3.19. The molecule has 0 radical (unpaired) electrons. The Bertz CT molecular complexity index is 1100. The monoisotopic (exact) mass is 536 g/mol. The normalized spacial score (nSPS) is 14.0. The topological polar surface area (TPSA) is 237 Å². The number of carboxylic acids is 2. The molecular formula is C22H28N6O8S. The lowest BCUT2D eigenvalue weighted by molar-refractivity contribution is -0.142. The molecule has 2 rings (SSSR count). The van der Waals surface area contributed by atoms with E-state index < -0.39 is 60.2 Å². The van der Waals surface area contributed by atoms with E-state index in [1.165, 1.54) is 36.8 Å². The third kappa shape index (κ3) is 9.46. The Morgan fingerprint density at radius 3 is 2.05 bits per heavy atom. The minimum absolute atomic E-state index is 0.00166. The third-order valence-corrected chi connectivity index (χ3v) is 5.51. The van der Waals surface area contributed by atoms with Gasteiger partial charge in [0.15, 0.2) is 0 Å². The number of imidazole rings is 1. The fraction of sp³-hybridized carbons (Fsp3) is 0.364. The number of nitrogens with two attached hydrogens (primary N) is 1. The van der Waals surface area contributed by atoms with Gasteiger partial charge in [0.2, 0.25) is 17.7 Å². The van der Waals surface area contributed by atoms with Gasteiger partial charge in [0, 0.05) is 30.5 Å². The Hall–Kier alpha value is -4.11. The van der Waals surface area contributed by atoms with E-state index in [1.807, 2.05) is 0 Å². The second kappa shape index (κ2) is 13.8. The van der Waals surface area contributed by atoms with E-state index in [1.54, 1.807) is 0 Å². The Kier molecular flexibility index (Phi) is 10.9. The number of aromatic nitrogens is 2. The van der Waals surface area contributed by atoms with Crippen LogP contribution in [0.5, 0.6) is 5.75 Å². The van der Waals surface area contributed by atoms with E-state index in [9.17, 15) is 34.2 Å². The van der Waals surface area contributed by atoms with Gasteiger partial charge >= 0.3 is 11.9 Å². The molecule has 4 atom stereocenters. The van der Waals surface area contributed by atoms with Crippen LogP contribution >= 0.6 is 12.6 Å². The minimum atomic E-state index is -1.42. The number of hydrogen-bond donors (Lipinski definition) is 9. The predicted molar refractivity (Wildman–Crippen MR) is 132 cm³/mol. The van der Waals surface area contributed by atoms with E-state index in [0.29, 0.717) is 11.3 Å². The average Bonchev–Trinajstić information content (AvgIpc) is 3.35. The van der Waals surface area contributed by atoms with Crippen molar-refractivity contribution in [3.8, 4) is 5.75 Å². The highest BCUT2D eigenvalue weighted by Gasteiger charge is 2.30. The number of phenolic OH excluding ortho intramolecular Hbond substituents is 1. The minimum Gasteiger partial charge on any atom is -0.508 e. The number of aromatic amines is 1. The summed E-state index contributed by atoms with van der Waals surface area (Å²) in [6, 6.07) is 0.467. The molecule has 0 spiro atoms. The van der Waals surface area contributed by atoms with E-state index in [-0.39, 0.29) is 24.3 Å². The summed E-state index contributed by atoms with van der Waals surface area (Å²) in [7, 11) is 0. The van der Waals surface area contributed by atoms with Crippen molar-refractivity contribution in [2.75, 3.05) is 5.75 Å². The summed E-state index contributed by atoms with van der Waals surface area (Å²) in [6.45, 7) is 0. The first-order chi connectivity index (χ1) is 17.5. The van der Waals surface area contributed by atoms with Gasteiger partial charge in [0.1, 0.15) is 23.9 Å². The molecule has 37 heavy (non-hydrogen) atoms. The quantitative estimate of drug-likeness (QED) is 0.122. The third-order valence-electron chi connectivity index (χ3n) is 5.15. The Morgan fingerprint density at radius 1 is 0.919 bits per heavy atom. The van der Waals surface area contributed by atoms with Crippen LogP contribution in [-0.4, -0.2) is 84.9 Å². The molecule has 3 amide bonds. The van der Waals surface area contributed by atoms with Crippen LogP contribution in [0.4, 0.5) is 0 Å². The van der Waals surface area contributed by atoms with Gasteiger partial charge in [-0.3, -0.25) is 19.2 Å². The summed E-state index contributed by atoms with van der Waals surface area (Å²) >= 11 is 4.07. The van der Waals surface area contributed by atoms with Crippen molar-refractivity contribution >= 4 is 42.3 Å². The highest BCUT2D eigenvalue weighted by molar-refractivity contribution is 7.80. The molecule has 4 unspecified atom stereocenters. The largest absolute Gasteiger partial charge is 0.508 e. The number of H-pyrrole nitrogens is 1. The van der Waals surface area contributed by atoms with Gasteiger partial charge in [-0.25, -0.2) is 9.78 Å². The number of carbonyl (C=O) groups excluding carboxylic acids is 3. The van der Waals surface area contributed by atoms with Crippen molar-refractivity contribution < 1.29 is 39.3 Å². The van der Waals surface area contributed by atoms with Crippen LogP contribution in [0.15, 0.2) is 36.8 Å². The average molecular weight is 537 g/mol. The Morgan fingerprint density at radius 2 is 1.51 bits per heavy atom. The van der Waals surface area contributed by atoms with Crippen LogP contribution in [0.1, 0.15) is 17.7 Å². The molecule has 0 bridgehead atoms. The predicted octanol–water partition coefficient (Wildman–Crippen LogP) is -1.83. The van der Waals surface area contributed by atoms with Gasteiger partial charge in [-0.05, 0) is 17.7 Å². The van der Waals surface area contributed by atoms with Crippen LogP contribution < -0.4 is 21.7 Å². The molecule has 1 heterocycles. The van der Waals surface area contributed by atoms with Gasteiger partial charge in [0.25, 0.3) is 0 Å². The van der Waals surface area contributed by atoms with Gasteiger partial charge in [0.05, 0.1) is 18.8 Å². The molecule has 0 aliphatic rings. The smallest absolute Gasteiger partial charge is 0.326 e. The maximum Gasteiger partial charge on any atom is 0.326 e. The lowest BCUT2D eigenvalue weighted by Gasteiger charge is -2.24. The summed E-state index contributed by atoms with van der Waals surface area (Å²) in [5, 5.41) is 34.9. The molecule has 0 aliphatic heterocycles. The number of aliphatic carboxylic acids is 2. The lowest BCUT2D eigenvalue weighted by atomic mass is 10.1. The molecule has 2 aromatic rings. The van der Waals surface area contributed by atoms with Crippen LogP contribution in [0.2, 0.25) is 0 Å². The molecular weight excluding hydrogens is 508 g/mol. The summed E-state index contributed by atoms with van der Waals surface area (Å²) in [5.41, 5.74) is 6.58. The van der Waals surface area contributed by atoms with Crippen LogP contribution in [0.25, 0.3) is 0 Å². The molecule has 1 aromatic carbocycles. The Balaban J connectivity index is 2.10. The molecule has 9 N–H and O–H groups in total. The number of carboxylic acid groups (broad SMARTS) is 2. The van der Waals surface area contributed by atoms with Gasteiger partial charge in [-0.1, -0.05) is 12.1 Å². The Labute approximate surface area is 216 Å². The molecule has 0 fully saturated rings. The molecule has 1 aromatic heterocycles. The number of benzene rings is 1. The number of hydrogen-bond acceptors (Lipinski definition) is 9. The van der Waals surface area contributed by atoms with Crippen molar-refractivity contribution in [2.24, 2.45) is 5.73 Å². The van der Waals surface area contributed by atoms with Crippen LogP contribution in [0, 0.1) is 0 Å². The number of nitrogens with one attached hydrogen (secondary N) is 4. The van der Waals surface area contributed by atoms with Gasteiger partial charge < -0.3 is 42.0 Å². The standard InChI is InChI=1S/C22H28N6O8S/c23-14(7-18(30)31)19(32)26-15(6-12-8-24-10-25-12)20(33)28-17(9-37)21(34)27-16(22(35)36)5-11-1-3-13(29)4-2-11/h1-4,8,10,14-17,29,37H,5-7,9,23H2,(H,24,25)(H,26,32)(H,27,34)(H,28,33)(H,30,31)(H,35,36). The highest BCUT2D eigenvalue weighted by atomic mass is 32.1. The zero-order chi connectivity index (χ0) is 27.5. The van der Waals surface area contributed by atoms with Crippen molar-refractivity contribution in [3.05, 3.63) is 48.0 Å². The van der Waals surface area contributed by atoms with E-state index in [4.69, 9.17) is 10.8 Å². The van der Waals surface area contributed by atoms with E-state index >= 15 is 0 Å². The number of amides is 3. The summed E-state index contributed by atoms with van der Waals surface area (Å²) in [4.78, 5) is 67.3. The number of rotatable bonds is 14. The first kappa shape index (κ1) is 29.1. The van der Waals surface area contributed by atoms with Gasteiger partial charge in [-0.2, -0.15) is 12.6 Å². The zero-order valence-electron chi connectivity index (χ0n) is 19.5. The number of phenols is 1. The molecule has 0 saturated heterocycles. The lowest BCUT2D eigenvalue weighted by Crippen LogP contribution is -2.58. The SMILES string of the molecule is NC(CC(=O)O)C(=O)NC(Cc1cnc[nH]1)C(=O)NC(CS)C(=O)NC(Cc1ccc(O)cc1)C(=O)O. The molecule has 14 nitrogen and oxygen atoms in total. The van der Waals surface area contributed by atoms with Gasteiger partial charge in [-0.15, -0.1) is 0 Å². The maximum absolute atomic E-state index is 13.0. The number of aromatic hydroxyl groups is 1. The summed E-state index contributed by atoms with van der Waals surface area (Å²) in [6.07, 6.45) is 1.93. The summed E-state index contributed by atoms with van der Waals surface area (Å²) in [5.74, 6) is -5.36. The van der Waals surface area contributed by atoms with Crippen molar-refractivity contribution in [3.63, 3.8) is 0 Å². The molecule has 200 valence electrons. The molecule has 0 aliphatic carbocycles. The van der Waals surface area contributed by atoms with E-state index in [0.717, 1.165) is 0 Å². The molecule has 15 heteroatoms. The van der Waals surface area contributed by atoms with Crippen molar-refractivity contribution in [1.82, 2.24) is 25.9 Å². The van der Waals surface area contributed by atoms with Crippen molar-refractivity contribution in [2.45, 2.75) is 43.4 Å². The highest BCUT2D eigenvalue weighted by Crippen LogP contribution is 2.12. The number of nitrogens with zero attached hydrogens (tertiary/aromatic N) is 1. The number of carbonyl (C=O) groups is 5. The summed E-state index contributed by atoms with van der Waals surface area (Å²) < 4.78 is 0. The number of thiol groups is 1. The van der Waals surface area contributed by atoms with Crippen LogP contribution in [-0.2, 0) is 36.8 Å². The van der Waals surface area contributed by atoms with Crippen LogP contribution in [0.3, 0.4) is 0 Å². The first-order valence-corrected chi connectivity index (χ1v) is 11.6. The molecule has 0 saturated carbocycles. The van der Waals surface area contributed by atoms with E-state index in [2.05, 4.69) is 38.5 Å². The van der Waals surface area contributed by atoms with Crippen molar-refractivity contribution in [1.29, 1.82) is 0 Å². The maximum atomic E-state index is 13.0. The second-order valence-electron chi connectivity index (χ2n) is 8.06. The first-order valence-electron chi connectivity index (χ1n) is 11.0. The second-order valence-corrected chi connectivity index (χ2v) is 8.43. The zero-order valence-corrected chi connectivity index (χ0v) is 20.4.